The molecule has 2 aromatic carbocycles. The Bertz CT molecular complexity index is 996. The lowest BCUT2D eigenvalue weighted by molar-refractivity contribution is -0.113. The van der Waals surface area contributed by atoms with Crippen molar-refractivity contribution >= 4 is 11.5 Å². The van der Waals surface area contributed by atoms with Crippen LogP contribution in [0.3, 0.4) is 0 Å². The molecule has 3 rings (SSSR count). The summed E-state index contributed by atoms with van der Waals surface area (Å²) < 4.78 is 15.8. The van der Waals surface area contributed by atoms with Gasteiger partial charge in [-0.05, 0) is 23.8 Å². The molecule has 0 aliphatic rings. The van der Waals surface area contributed by atoms with Gasteiger partial charge in [-0.15, -0.1) is 10.2 Å². The van der Waals surface area contributed by atoms with Gasteiger partial charge in [0.2, 0.25) is 0 Å². The molecule has 0 fully saturated rings. The lowest BCUT2D eigenvalue weighted by Gasteiger charge is -2.05. The maximum Gasteiger partial charge on any atom is 0.183 e. The number of carbonyl (C=O) groups is 1. The topological polar surface area (TPSA) is 79.8 Å². The lowest BCUT2D eigenvalue weighted by Crippen LogP contribution is -2.01. The van der Waals surface area contributed by atoms with E-state index in [1.165, 1.54) is 23.7 Å². The van der Waals surface area contributed by atoms with Gasteiger partial charge in [-0.1, -0.05) is 30.3 Å². The Hall–Kier alpha value is -3.61. The van der Waals surface area contributed by atoms with Crippen LogP contribution in [0.4, 0.5) is 10.1 Å². The summed E-state index contributed by atoms with van der Waals surface area (Å²) >= 11 is 0. The zero-order chi connectivity index (χ0) is 19.2. The molecule has 136 valence electrons. The SMILES string of the molecule is CC(=O)C(N=Nc1ccc(-n2cccn2)cc1F)=C(O)Cc1ccccc1. The molecule has 7 heteroatoms. The molecule has 0 saturated carbocycles. The third-order valence-corrected chi connectivity index (χ3v) is 3.78. The van der Waals surface area contributed by atoms with Crippen LogP contribution in [0.25, 0.3) is 5.69 Å². The minimum Gasteiger partial charge on any atom is -0.509 e. The van der Waals surface area contributed by atoms with Crippen LogP contribution in [0, 0.1) is 5.82 Å². The minimum atomic E-state index is -0.614. The van der Waals surface area contributed by atoms with Crippen LogP contribution in [0.2, 0.25) is 0 Å². The van der Waals surface area contributed by atoms with E-state index >= 15 is 0 Å². The Morgan fingerprint density at radius 3 is 2.59 bits per heavy atom. The number of nitrogens with zero attached hydrogens (tertiary/aromatic N) is 4. The highest BCUT2D eigenvalue weighted by atomic mass is 19.1. The van der Waals surface area contributed by atoms with Gasteiger partial charge in [0.05, 0.1) is 5.69 Å². The molecule has 0 spiro atoms. The van der Waals surface area contributed by atoms with E-state index in [0.29, 0.717) is 5.69 Å². The molecule has 1 aromatic heterocycles. The second-order valence-corrected chi connectivity index (χ2v) is 5.80. The van der Waals surface area contributed by atoms with Crippen molar-refractivity contribution in [2.75, 3.05) is 0 Å². The summed E-state index contributed by atoms with van der Waals surface area (Å²) in [5.41, 5.74) is 1.11. The van der Waals surface area contributed by atoms with Gasteiger partial charge in [0.25, 0.3) is 0 Å². The Morgan fingerprint density at radius 1 is 1.19 bits per heavy atom. The second kappa shape index (κ2) is 8.18. The number of Topliss-reactive ketones (excluding diaryl/α,β-unsaturated/α-hetero) is 1. The fraction of sp³-hybridized carbons (Fsp3) is 0.100. The zero-order valence-electron chi connectivity index (χ0n) is 14.6. The number of carbonyl (C=O) groups excluding carboxylic acids is 1. The monoisotopic (exact) mass is 364 g/mol. The molecule has 0 aliphatic carbocycles. The molecule has 0 atom stereocenters. The quantitative estimate of drug-likeness (QED) is 0.391. The lowest BCUT2D eigenvalue weighted by atomic mass is 10.1. The maximum atomic E-state index is 14.3. The summed E-state index contributed by atoms with van der Waals surface area (Å²) in [5, 5.41) is 21.9. The fourth-order valence-corrected chi connectivity index (χ4v) is 2.45. The Morgan fingerprint density at radius 2 is 1.96 bits per heavy atom. The first-order chi connectivity index (χ1) is 13.0. The van der Waals surface area contributed by atoms with Gasteiger partial charge in [0.15, 0.2) is 17.3 Å². The van der Waals surface area contributed by atoms with E-state index in [4.69, 9.17) is 0 Å². The number of hydrogen-bond acceptors (Lipinski definition) is 5. The normalized spacial score (nSPS) is 12.2. The molecular formula is C20H17FN4O2. The third-order valence-electron chi connectivity index (χ3n) is 3.78. The van der Waals surface area contributed by atoms with Crippen molar-refractivity contribution in [3.8, 4) is 5.69 Å². The molecule has 0 saturated heterocycles. The number of aromatic nitrogens is 2. The molecule has 1 heterocycles. The molecule has 0 bridgehead atoms. The summed E-state index contributed by atoms with van der Waals surface area (Å²) in [5.74, 6) is -1.29. The summed E-state index contributed by atoms with van der Waals surface area (Å²) in [6.07, 6.45) is 3.41. The van der Waals surface area contributed by atoms with E-state index in [1.54, 1.807) is 24.5 Å². The molecule has 1 N–H and O–H groups in total. The number of halogens is 1. The van der Waals surface area contributed by atoms with Crippen molar-refractivity contribution < 1.29 is 14.3 Å². The molecular weight excluding hydrogens is 347 g/mol. The number of ketones is 1. The largest absolute Gasteiger partial charge is 0.509 e. The summed E-state index contributed by atoms with van der Waals surface area (Å²) in [6, 6.07) is 15.2. The first-order valence-corrected chi connectivity index (χ1v) is 8.23. The van der Waals surface area contributed by atoms with Crippen LogP contribution in [0.15, 0.2) is 88.7 Å². The van der Waals surface area contributed by atoms with Gasteiger partial charge >= 0.3 is 0 Å². The summed E-state index contributed by atoms with van der Waals surface area (Å²) in [4.78, 5) is 11.8. The maximum absolute atomic E-state index is 14.3. The fourth-order valence-electron chi connectivity index (χ4n) is 2.45. The van der Waals surface area contributed by atoms with E-state index in [1.807, 2.05) is 30.3 Å². The van der Waals surface area contributed by atoms with Crippen molar-refractivity contribution in [3.63, 3.8) is 0 Å². The number of azo groups is 1. The van der Waals surface area contributed by atoms with E-state index < -0.39 is 11.6 Å². The molecule has 3 aromatic rings. The zero-order valence-corrected chi connectivity index (χ0v) is 14.6. The van der Waals surface area contributed by atoms with E-state index in [0.717, 1.165) is 5.56 Å². The average molecular weight is 364 g/mol. The molecule has 0 amide bonds. The average Bonchev–Trinajstić information content (AvgIpc) is 3.18. The Balaban J connectivity index is 1.85. The molecule has 0 unspecified atom stereocenters. The van der Waals surface area contributed by atoms with Gasteiger partial charge in [-0.3, -0.25) is 4.79 Å². The molecule has 0 aliphatic heterocycles. The molecule has 27 heavy (non-hydrogen) atoms. The highest BCUT2D eigenvalue weighted by Gasteiger charge is 2.12. The van der Waals surface area contributed by atoms with Crippen LogP contribution in [0.1, 0.15) is 12.5 Å². The third kappa shape index (κ3) is 4.52. The first kappa shape index (κ1) is 18.2. The number of hydrogen-bond donors (Lipinski definition) is 1. The van der Waals surface area contributed by atoms with E-state index in [9.17, 15) is 14.3 Å². The van der Waals surface area contributed by atoms with Crippen LogP contribution in [-0.4, -0.2) is 20.7 Å². The van der Waals surface area contributed by atoms with Crippen molar-refractivity contribution in [1.82, 2.24) is 9.78 Å². The predicted octanol–water partition coefficient (Wildman–Crippen LogP) is 4.70. The summed E-state index contributed by atoms with van der Waals surface area (Å²) in [7, 11) is 0. The van der Waals surface area contributed by atoms with Crippen LogP contribution >= 0.6 is 0 Å². The van der Waals surface area contributed by atoms with Gasteiger partial charge in [0.1, 0.15) is 11.4 Å². The van der Waals surface area contributed by atoms with Gasteiger partial charge in [-0.2, -0.15) is 5.10 Å². The van der Waals surface area contributed by atoms with E-state index in [-0.39, 0.29) is 23.6 Å². The molecule has 6 nitrogen and oxygen atoms in total. The number of aliphatic hydroxyl groups is 1. The number of rotatable bonds is 6. The Labute approximate surface area is 155 Å². The van der Waals surface area contributed by atoms with E-state index in [2.05, 4.69) is 15.3 Å². The van der Waals surface area contributed by atoms with Crippen molar-refractivity contribution in [2.24, 2.45) is 10.2 Å². The number of allylic oxidation sites excluding steroid dienone is 2. The predicted molar refractivity (Wildman–Crippen MR) is 98.5 cm³/mol. The van der Waals surface area contributed by atoms with Crippen molar-refractivity contribution in [2.45, 2.75) is 13.3 Å². The molecule has 0 radical (unpaired) electrons. The van der Waals surface area contributed by atoms with Crippen LogP contribution in [-0.2, 0) is 11.2 Å². The smallest absolute Gasteiger partial charge is 0.183 e. The second-order valence-electron chi connectivity index (χ2n) is 5.80. The van der Waals surface area contributed by atoms with Crippen molar-refractivity contribution in [1.29, 1.82) is 0 Å². The summed E-state index contributed by atoms with van der Waals surface area (Å²) in [6.45, 7) is 1.27. The standard InChI is InChI=1S/C20H17FN4O2/c1-14(26)20(19(27)12-15-6-3-2-4-7-15)24-23-18-9-8-16(13-17(18)21)25-11-5-10-22-25/h2-11,13,27H,12H2,1H3. The van der Waals surface area contributed by atoms with Crippen LogP contribution < -0.4 is 0 Å². The first-order valence-electron chi connectivity index (χ1n) is 8.23. The van der Waals surface area contributed by atoms with Crippen LogP contribution in [0.5, 0.6) is 0 Å². The number of benzene rings is 2. The number of aliphatic hydroxyl groups excluding tert-OH is 1. The van der Waals surface area contributed by atoms with Gasteiger partial charge < -0.3 is 5.11 Å². The highest BCUT2D eigenvalue weighted by Crippen LogP contribution is 2.23. The Kier molecular flexibility index (Phi) is 5.51. The van der Waals surface area contributed by atoms with Gasteiger partial charge in [0, 0.05) is 31.8 Å². The minimum absolute atomic E-state index is 0.0443. The van der Waals surface area contributed by atoms with Gasteiger partial charge in [-0.25, -0.2) is 9.07 Å². The highest BCUT2D eigenvalue weighted by molar-refractivity contribution is 5.93. The van der Waals surface area contributed by atoms with Crippen molar-refractivity contribution in [3.05, 3.63) is 89.8 Å².